The largest absolute Gasteiger partial charge is 0.474 e. The minimum absolute atomic E-state index is 0.0980. The van der Waals surface area contributed by atoms with E-state index in [1.807, 2.05) is 19.9 Å². The van der Waals surface area contributed by atoms with Crippen molar-refractivity contribution in [2.45, 2.75) is 32.7 Å². The van der Waals surface area contributed by atoms with Gasteiger partial charge in [-0.1, -0.05) is 13.8 Å². The second kappa shape index (κ2) is 7.27. The van der Waals surface area contributed by atoms with Crippen LogP contribution in [0.4, 0.5) is 4.79 Å². The average molecular weight is 356 g/mol. The first-order valence-corrected chi connectivity index (χ1v) is 7.24. The van der Waals surface area contributed by atoms with E-state index >= 15 is 0 Å². The van der Waals surface area contributed by atoms with Gasteiger partial charge in [0.15, 0.2) is 0 Å². The van der Waals surface area contributed by atoms with Crippen LogP contribution < -0.4 is 10.1 Å². The minimum atomic E-state index is -1.11. The van der Waals surface area contributed by atoms with Gasteiger partial charge in [0.05, 0.1) is 5.54 Å². The maximum Gasteiger partial charge on any atom is 0.405 e. The molecule has 0 bridgehead atoms. The molecule has 0 aliphatic carbocycles. The molecule has 0 saturated carbocycles. The Labute approximate surface area is 132 Å². The van der Waals surface area contributed by atoms with Crippen LogP contribution >= 0.6 is 15.9 Å². The maximum atomic E-state index is 10.9. The molecule has 6 nitrogen and oxygen atoms in total. The molecule has 1 aromatic rings. The number of nitrogens with zero attached hydrogens (tertiary/aromatic N) is 2. The van der Waals surface area contributed by atoms with Gasteiger partial charge < -0.3 is 15.2 Å². The molecule has 1 heterocycles. The van der Waals surface area contributed by atoms with Gasteiger partial charge in [0.25, 0.3) is 0 Å². The van der Waals surface area contributed by atoms with E-state index in [2.05, 4.69) is 26.2 Å². The Morgan fingerprint density at radius 1 is 1.67 bits per heavy atom. The van der Waals surface area contributed by atoms with Gasteiger partial charge in [-0.3, -0.25) is 0 Å². The zero-order valence-electron chi connectivity index (χ0n) is 12.2. The molecule has 0 saturated heterocycles. The van der Waals surface area contributed by atoms with Crippen LogP contribution in [-0.2, 0) is 0 Å². The van der Waals surface area contributed by atoms with Crippen LogP contribution in [0.5, 0.6) is 5.88 Å². The van der Waals surface area contributed by atoms with E-state index < -0.39 is 11.6 Å². The van der Waals surface area contributed by atoms with Crippen molar-refractivity contribution in [1.82, 2.24) is 10.3 Å². The van der Waals surface area contributed by atoms with Crippen molar-refractivity contribution >= 4 is 22.0 Å². The topological polar surface area (TPSA) is 95.2 Å². The van der Waals surface area contributed by atoms with Gasteiger partial charge >= 0.3 is 6.09 Å². The van der Waals surface area contributed by atoms with Crippen molar-refractivity contribution in [3.8, 4) is 11.9 Å². The molecule has 0 fully saturated rings. The highest BCUT2D eigenvalue weighted by molar-refractivity contribution is 9.10. The number of pyridine rings is 1. The Bertz CT molecular complexity index is 557. The predicted molar refractivity (Wildman–Crippen MR) is 81.2 cm³/mol. The van der Waals surface area contributed by atoms with Crippen molar-refractivity contribution in [1.29, 1.82) is 5.26 Å². The number of hydrogen-bond donors (Lipinski definition) is 2. The standard InChI is InChI=1S/C14H18BrN3O3/c1-9(2)5-14(3,18-13(19)20)8-21-12-10(6-16)4-11(15)7-17-12/h4,7,9,18H,5,8H2,1-3H3,(H,19,20). The van der Waals surface area contributed by atoms with E-state index in [1.54, 1.807) is 13.0 Å². The number of aromatic nitrogens is 1. The lowest BCUT2D eigenvalue weighted by molar-refractivity contribution is 0.141. The molecule has 0 radical (unpaired) electrons. The molecule has 1 atom stereocenters. The van der Waals surface area contributed by atoms with Crippen LogP contribution in [0.25, 0.3) is 0 Å². The third kappa shape index (κ3) is 5.60. The summed E-state index contributed by atoms with van der Waals surface area (Å²) < 4.78 is 6.25. The zero-order valence-corrected chi connectivity index (χ0v) is 13.8. The molecule has 21 heavy (non-hydrogen) atoms. The van der Waals surface area contributed by atoms with Crippen LogP contribution in [0.15, 0.2) is 16.7 Å². The second-order valence-electron chi connectivity index (χ2n) is 5.50. The molecule has 114 valence electrons. The fraction of sp³-hybridized carbons (Fsp3) is 0.500. The van der Waals surface area contributed by atoms with Gasteiger partial charge in [-0.05, 0) is 41.3 Å². The number of rotatable bonds is 6. The summed E-state index contributed by atoms with van der Waals surface area (Å²) >= 11 is 3.23. The van der Waals surface area contributed by atoms with E-state index in [4.69, 9.17) is 15.1 Å². The highest BCUT2D eigenvalue weighted by Gasteiger charge is 2.29. The van der Waals surface area contributed by atoms with Crippen molar-refractivity contribution in [2.75, 3.05) is 6.61 Å². The van der Waals surface area contributed by atoms with Gasteiger partial charge in [0.2, 0.25) is 5.88 Å². The number of halogens is 1. The molecule has 2 N–H and O–H groups in total. The van der Waals surface area contributed by atoms with Crippen molar-refractivity contribution < 1.29 is 14.6 Å². The summed E-state index contributed by atoms with van der Waals surface area (Å²) in [4.78, 5) is 15.0. The fourth-order valence-electron chi connectivity index (χ4n) is 2.15. The van der Waals surface area contributed by atoms with Crippen LogP contribution in [0.2, 0.25) is 0 Å². The van der Waals surface area contributed by atoms with Crippen molar-refractivity contribution in [2.24, 2.45) is 5.92 Å². The Hall–Kier alpha value is -1.81. The Morgan fingerprint density at radius 3 is 2.86 bits per heavy atom. The Kier molecular flexibility index (Phi) is 5.97. The predicted octanol–water partition coefficient (Wildman–Crippen LogP) is 3.17. The SMILES string of the molecule is CC(C)CC(C)(COc1ncc(Br)cc1C#N)NC(=O)O. The molecule has 0 aromatic carbocycles. The zero-order chi connectivity index (χ0) is 16.0. The summed E-state index contributed by atoms with van der Waals surface area (Å²) in [6.45, 7) is 5.87. The van der Waals surface area contributed by atoms with Crippen LogP contribution in [0, 0.1) is 17.2 Å². The Morgan fingerprint density at radius 2 is 2.33 bits per heavy atom. The summed E-state index contributed by atoms with van der Waals surface area (Å²) in [6, 6.07) is 3.60. The third-order valence-corrected chi connectivity index (χ3v) is 3.17. The number of nitrogens with one attached hydrogen (secondary N) is 1. The van der Waals surface area contributed by atoms with Crippen molar-refractivity contribution in [3.05, 3.63) is 22.3 Å². The first-order chi connectivity index (χ1) is 9.75. The summed E-state index contributed by atoms with van der Waals surface area (Å²) in [5.41, 5.74) is -0.451. The van der Waals surface area contributed by atoms with Crippen LogP contribution in [0.3, 0.4) is 0 Å². The number of carboxylic acid groups (broad SMARTS) is 1. The van der Waals surface area contributed by atoms with E-state index in [-0.39, 0.29) is 12.5 Å². The van der Waals surface area contributed by atoms with Crippen molar-refractivity contribution in [3.63, 3.8) is 0 Å². The first kappa shape index (κ1) is 17.2. The van der Waals surface area contributed by atoms with Crippen LogP contribution in [-0.4, -0.2) is 28.3 Å². The van der Waals surface area contributed by atoms with E-state index in [0.29, 0.717) is 22.4 Å². The quantitative estimate of drug-likeness (QED) is 0.816. The molecule has 7 heteroatoms. The lowest BCUT2D eigenvalue weighted by Crippen LogP contribution is -2.50. The van der Waals surface area contributed by atoms with Gasteiger partial charge in [0, 0.05) is 10.7 Å². The van der Waals surface area contributed by atoms with Gasteiger partial charge in [-0.15, -0.1) is 0 Å². The fourth-order valence-corrected chi connectivity index (χ4v) is 2.49. The molecule has 1 amide bonds. The highest BCUT2D eigenvalue weighted by Crippen LogP contribution is 2.22. The average Bonchev–Trinajstić information content (AvgIpc) is 2.35. The molecule has 1 rings (SSSR count). The molecule has 0 spiro atoms. The van der Waals surface area contributed by atoms with E-state index in [0.717, 1.165) is 0 Å². The Balaban J connectivity index is 2.86. The molecule has 1 unspecified atom stereocenters. The summed E-state index contributed by atoms with van der Waals surface area (Å²) in [7, 11) is 0. The van der Waals surface area contributed by atoms with Gasteiger partial charge in [-0.2, -0.15) is 5.26 Å². The summed E-state index contributed by atoms with van der Waals surface area (Å²) in [5, 5.41) is 20.5. The number of ether oxygens (including phenoxy) is 1. The number of hydrogen-bond acceptors (Lipinski definition) is 4. The lowest BCUT2D eigenvalue weighted by atomic mass is 9.91. The van der Waals surface area contributed by atoms with E-state index in [1.165, 1.54) is 6.20 Å². The summed E-state index contributed by atoms with van der Waals surface area (Å²) in [5.74, 6) is 0.488. The smallest absolute Gasteiger partial charge is 0.405 e. The number of amides is 1. The maximum absolute atomic E-state index is 10.9. The molecular formula is C14H18BrN3O3. The molecule has 1 aromatic heterocycles. The molecule has 0 aliphatic heterocycles. The number of nitriles is 1. The molecular weight excluding hydrogens is 338 g/mol. The van der Waals surface area contributed by atoms with Gasteiger partial charge in [0.1, 0.15) is 18.2 Å². The minimum Gasteiger partial charge on any atom is -0.474 e. The monoisotopic (exact) mass is 355 g/mol. The normalized spacial score (nSPS) is 13.3. The van der Waals surface area contributed by atoms with Crippen LogP contribution in [0.1, 0.15) is 32.8 Å². The lowest BCUT2D eigenvalue weighted by Gasteiger charge is -2.30. The second-order valence-corrected chi connectivity index (χ2v) is 6.41. The highest BCUT2D eigenvalue weighted by atomic mass is 79.9. The first-order valence-electron chi connectivity index (χ1n) is 6.45. The summed E-state index contributed by atoms with van der Waals surface area (Å²) in [6.07, 6.45) is 1.03. The van der Waals surface area contributed by atoms with Gasteiger partial charge in [-0.25, -0.2) is 9.78 Å². The number of carbonyl (C=O) groups is 1. The van der Waals surface area contributed by atoms with E-state index in [9.17, 15) is 4.79 Å². The molecule has 0 aliphatic rings. The third-order valence-electron chi connectivity index (χ3n) is 2.73.